The zero-order chi connectivity index (χ0) is 13.1. The van der Waals surface area contributed by atoms with Crippen LogP contribution in [0.5, 0.6) is 5.75 Å². The summed E-state index contributed by atoms with van der Waals surface area (Å²) in [4.78, 5) is 11.2. The number of hydrazone groups is 1. The van der Waals surface area contributed by atoms with Crippen LogP contribution >= 0.6 is 11.8 Å². The minimum Gasteiger partial charge on any atom is -0.486 e. The molecule has 0 atom stereocenters. The molecular weight excluding hydrogens is 254 g/mol. The molecule has 96 valence electrons. The van der Waals surface area contributed by atoms with E-state index in [1.54, 1.807) is 22.8 Å². The monoisotopic (exact) mass is 267 g/mol. The summed E-state index contributed by atoms with van der Waals surface area (Å²) in [7, 11) is 3.70. The van der Waals surface area contributed by atoms with E-state index in [1.165, 1.54) is 12.1 Å². The quantitative estimate of drug-likeness (QED) is 0.605. The predicted octanol–water partition coefficient (Wildman–Crippen LogP) is 2.00. The highest BCUT2D eigenvalue weighted by Crippen LogP contribution is 2.34. The van der Waals surface area contributed by atoms with Crippen molar-refractivity contribution in [2.75, 3.05) is 26.5 Å². The number of fused-ring (bicyclic) bond motifs is 1. The third-order valence-corrected chi connectivity index (χ3v) is 3.39. The SMILES string of the molecule is CN(C)N=C1COc2cc([N+](=O)[O-])ccc2SC1. The van der Waals surface area contributed by atoms with Gasteiger partial charge in [-0.1, -0.05) is 0 Å². The Hall–Kier alpha value is -1.76. The molecule has 1 aliphatic rings. The molecule has 1 aromatic carbocycles. The highest BCUT2D eigenvalue weighted by molar-refractivity contribution is 8.00. The average molecular weight is 267 g/mol. The van der Waals surface area contributed by atoms with Gasteiger partial charge in [0.2, 0.25) is 0 Å². The number of non-ortho nitro benzene ring substituents is 1. The van der Waals surface area contributed by atoms with E-state index >= 15 is 0 Å². The van der Waals surface area contributed by atoms with E-state index < -0.39 is 4.92 Å². The van der Waals surface area contributed by atoms with Crippen LogP contribution in [0.15, 0.2) is 28.2 Å². The molecule has 0 radical (unpaired) electrons. The number of rotatable bonds is 2. The van der Waals surface area contributed by atoms with Gasteiger partial charge in [0.25, 0.3) is 5.69 Å². The number of nitrogens with zero attached hydrogens (tertiary/aromatic N) is 3. The molecule has 0 fully saturated rings. The van der Waals surface area contributed by atoms with Crippen molar-refractivity contribution in [3.63, 3.8) is 0 Å². The lowest BCUT2D eigenvalue weighted by Gasteiger charge is -2.08. The molecule has 0 amide bonds. The van der Waals surface area contributed by atoms with Crippen LogP contribution in [-0.2, 0) is 0 Å². The third kappa shape index (κ3) is 2.92. The smallest absolute Gasteiger partial charge is 0.273 e. The largest absolute Gasteiger partial charge is 0.486 e. The number of nitro benzene ring substituents is 1. The normalized spacial score (nSPS) is 16.7. The molecular formula is C11H13N3O3S. The Kier molecular flexibility index (Phi) is 3.71. The fraction of sp³-hybridized carbons (Fsp3) is 0.364. The summed E-state index contributed by atoms with van der Waals surface area (Å²) in [6.07, 6.45) is 0. The molecule has 0 aliphatic carbocycles. The summed E-state index contributed by atoms with van der Waals surface area (Å²) in [5.41, 5.74) is 0.950. The number of nitro groups is 1. The van der Waals surface area contributed by atoms with Gasteiger partial charge in [0.05, 0.1) is 21.6 Å². The van der Waals surface area contributed by atoms with Crippen LogP contribution in [0.2, 0.25) is 0 Å². The molecule has 0 N–H and O–H groups in total. The van der Waals surface area contributed by atoms with Gasteiger partial charge in [0, 0.05) is 25.9 Å². The Morgan fingerprint density at radius 2 is 2.28 bits per heavy atom. The first kappa shape index (κ1) is 12.7. The molecule has 0 saturated carbocycles. The second-order valence-corrected chi connectivity index (χ2v) is 5.00. The maximum Gasteiger partial charge on any atom is 0.273 e. The lowest BCUT2D eigenvalue weighted by Crippen LogP contribution is -2.17. The molecule has 1 heterocycles. The Labute approximate surface area is 109 Å². The van der Waals surface area contributed by atoms with Gasteiger partial charge in [0.1, 0.15) is 12.4 Å². The predicted molar refractivity (Wildman–Crippen MR) is 70.4 cm³/mol. The van der Waals surface area contributed by atoms with E-state index in [1.807, 2.05) is 14.1 Å². The number of thioether (sulfide) groups is 1. The van der Waals surface area contributed by atoms with Crippen LogP contribution in [0, 0.1) is 10.1 Å². The van der Waals surface area contributed by atoms with Crippen LogP contribution in [-0.4, -0.2) is 42.1 Å². The first-order valence-corrected chi connectivity index (χ1v) is 6.32. The highest BCUT2D eigenvalue weighted by atomic mass is 32.2. The Bertz CT molecular complexity index is 502. The summed E-state index contributed by atoms with van der Waals surface area (Å²) in [5, 5.41) is 16.7. The molecule has 0 saturated heterocycles. The molecule has 2 rings (SSSR count). The fourth-order valence-electron chi connectivity index (χ4n) is 1.55. The lowest BCUT2D eigenvalue weighted by molar-refractivity contribution is -0.385. The molecule has 7 heteroatoms. The number of benzene rings is 1. The zero-order valence-corrected chi connectivity index (χ0v) is 10.9. The Morgan fingerprint density at radius 1 is 1.50 bits per heavy atom. The van der Waals surface area contributed by atoms with E-state index in [4.69, 9.17) is 4.74 Å². The van der Waals surface area contributed by atoms with Crippen molar-refractivity contribution >= 4 is 23.2 Å². The van der Waals surface area contributed by atoms with E-state index in [-0.39, 0.29) is 5.69 Å². The van der Waals surface area contributed by atoms with E-state index in [0.717, 1.165) is 16.4 Å². The number of ether oxygens (including phenoxy) is 1. The highest BCUT2D eigenvalue weighted by Gasteiger charge is 2.17. The van der Waals surface area contributed by atoms with E-state index in [9.17, 15) is 10.1 Å². The first-order chi connectivity index (χ1) is 8.56. The maximum atomic E-state index is 10.7. The number of hydrogen-bond acceptors (Lipinski definition) is 6. The second kappa shape index (κ2) is 5.26. The second-order valence-electron chi connectivity index (χ2n) is 3.98. The van der Waals surface area contributed by atoms with Gasteiger partial charge < -0.3 is 9.75 Å². The third-order valence-electron chi connectivity index (χ3n) is 2.27. The van der Waals surface area contributed by atoms with Gasteiger partial charge in [-0.3, -0.25) is 10.1 Å². The van der Waals surface area contributed by atoms with E-state index in [0.29, 0.717) is 12.4 Å². The van der Waals surface area contributed by atoms with Crippen molar-refractivity contribution in [3.8, 4) is 5.75 Å². The number of hydrogen-bond donors (Lipinski definition) is 0. The fourth-order valence-corrected chi connectivity index (χ4v) is 2.43. The zero-order valence-electron chi connectivity index (χ0n) is 10.1. The minimum atomic E-state index is -0.423. The van der Waals surface area contributed by atoms with Crippen LogP contribution in [0.3, 0.4) is 0 Å². The van der Waals surface area contributed by atoms with Gasteiger partial charge in [0.15, 0.2) is 0 Å². The topological polar surface area (TPSA) is 68.0 Å². The van der Waals surface area contributed by atoms with Gasteiger partial charge in [-0.15, -0.1) is 11.8 Å². The minimum absolute atomic E-state index is 0.0438. The lowest BCUT2D eigenvalue weighted by atomic mass is 10.3. The van der Waals surface area contributed by atoms with Crippen LogP contribution in [0.25, 0.3) is 0 Å². The summed E-state index contributed by atoms with van der Waals surface area (Å²) < 4.78 is 5.57. The molecule has 0 aromatic heterocycles. The summed E-state index contributed by atoms with van der Waals surface area (Å²) in [6.45, 7) is 0.360. The van der Waals surface area contributed by atoms with Crippen molar-refractivity contribution in [3.05, 3.63) is 28.3 Å². The van der Waals surface area contributed by atoms with Crippen molar-refractivity contribution in [2.24, 2.45) is 5.10 Å². The van der Waals surface area contributed by atoms with Crippen LogP contribution in [0.1, 0.15) is 0 Å². The molecule has 1 aromatic rings. The van der Waals surface area contributed by atoms with Crippen molar-refractivity contribution in [1.82, 2.24) is 5.01 Å². The average Bonchev–Trinajstić information content (AvgIpc) is 2.50. The van der Waals surface area contributed by atoms with Crippen molar-refractivity contribution in [1.29, 1.82) is 0 Å². The maximum absolute atomic E-state index is 10.7. The van der Waals surface area contributed by atoms with Gasteiger partial charge >= 0.3 is 0 Å². The van der Waals surface area contributed by atoms with Crippen LogP contribution in [0.4, 0.5) is 5.69 Å². The summed E-state index contributed by atoms with van der Waals surface area (Å²) in [5.74, 6) is 1.28. The Morgan fingerprint density at radius 3 is 2.94 bits per heavy atom. The molecule has 6 nitrogen and oxygen atoms in total. The summed E-state index contributed by atoms with van der Waals surface area (Å²) in [6, 6.07) is 4.67. The van der Waals surface area contributed by atoms with Gasteiger partial charge in [-0.05, 0) is 6.07 Å². The Balaban J connectivity index is 2.22. The first-order valence-electron chi connectivity index (χ1n) is 5.34. The molecule has 0 unspecified atom stereocenters. The van der Waals surface area contributed by atoms with E-state index in [2.05, 4.69) is 5.10 Å². The standard InChI is InChI=1S/C11H13N3O3S/c1-13(2)12-8-6-17-10-5-9(14(15)16)3-4-11(10)18-7-8/h3-5H,6-7H2,1-2H3. The van der Waals surface area contributed by atoms with Gasteiger partial charge in [-0.25, -0.2) is 0 Å². The van der Waals surface area contributed by atoms with Gasteiger partial charge in [-0.2, -0.15) is 5.10 Å². The molecule has 0 spiro atoms. The molecule has 18 heavy (non-hydrogen) atoms. The van der Waals surface area contributed by atoms with Crippen molar-refractivity contribution < 1.29 is 9.66 Å². The molecule has 0 bridgehead atoms. The van der Waals surface area contributed by atoms with Crippen LogP contribution < -0.4 is 4.74 Å². The molecule has 1 aliphatic heterocycles. The summed E-state index contributed by atoms with van der Waals surface area (Å²) >= 11 is 1.57. The van der Waals surface area contributed by atoms with Crippen molar-refractivity contribution in [2.45, 2.75) is 4.90 Å².